The van der Waals surface area contributed by atoms with Crippen molar-refractivity contribution in [3.8, 4) is 0 Å². The van der Waals surface area contributed by atoms with Gasteiger partial charge in [-0.2, -0.15) is 15.4 Å². The Labute approximate surface area is 151 Å². The molecule has 2 atom stereocenters. The fourth-order valence-corrected chi connectivity index (χ4v) is 4.56. The Morgan fingerprint density at radius 3 is 2.65 bits per heavy atom. The van der Waals surface area contributed by atoms with Crippen LogP contribution in [0.15, 0.2) is 18.2 Å². The van der Waals surface area contributed by atoms with Crippen molar-refractivity contribution in [3.05, 3.63) is 23.8 Å². The number of nitrogens with zero attached hydrogens (tertiary/aromatic N) is 4. The lowest BCUT2D eigenvalue weighted by Gasteiger charge is -2.36. The number of carbonyl (C=O) groups is 2. The van der Waals surface area contributed by atoms with Crippen molar-refractivity contribution in [2.45, 2.75) is 38.1 Å². The number of carbonyl (C=O) groups excluding carboxylic acids is 2. The van der Waals surface area contributed by atoms with Crippen LogP contribution in [-0.4, -0.2) is 62.7 Å². The molecule has 1 aromatic heterocycles. The SMILES string of the molecule is O=C(C1CCC1)N1C[C@@H]2CC[C@H](C1)N(C(=O)c1ccc3n[nH]nc3c1)C2. The van der Waals surface area contributed by atoms with E-state index >= 15 is 0 Å². The third-order valence-corrected chi connectivity index (χ3v) is 6.30. The molecule has 0 spiro atoms. The molecule has 4 heterocycles. The van der Waals surface area contributed by atoms with Crippen LogP contribution in [0.5, 0.6) is 0 Å². The standard InChI is InChI=1S/C19H23N5O2/c25-18(13-2-1-3-13)23-9-12-4-6-15(11-23)24(10-12)19(26)14-5-7-16-17(8-14)21-22-20-16/h5,7-8,12-13,15H,1-4,6,9-11H2,(H,20,21,22)/t12-,15+/m0/s1. The van der Waals surface area contributed by atoms with Crippen LogP contribution in [-0.2, 0) is 4.79 Å². The second-order valence-electron chi connectivity index (χ2n) is 7.95. The van der Waals surface area contributed by atoms with Gasteiger partial charge in [-0.15, -0.1) is 0 Å². The molecule has 1 N–H and O–H groups in total. The number of nitrogens with one attached hydrogen (secondary N) is 1. The Morgan fingerprint density at radius 1 is 1.00 bits per heavy atom. The number of H-pyrrole nitrogens is 1. The first kappa shape index (κ1) is 15.8. The monoisotopic (exact) mass is 353 g/mol. The fourth-order valence-electron chi connectivity index (χ4n) is 4.56. The van der Waals surface area contributed by atoms with Crippen LogP contribution in [0.2, 0.25) is 0 Å². The molecule has 26 heavy (non-hydrogen) atoms. The van der Waals surface area contributed by atoms with Gasteiger partial charge in [0.15, 0.2) is 0 Å². The predicted octanol–water partition coefficient (Wildman–Crippen LogP) is 1.82. The van der Waals surface area contributed by atoms with Gasteiger partial charge >= 0.3 is 0 Å². The largest absolute Gasteiger partial charge is 0.340 e. The van der Waals surface area contributed by atoms with E-state index < -0.39 is 0 Å². The second-order valence-corrected chi connectivity index (χ2v) is 7.95. The number of aromatic nitrogens is 3. The average Bonchev–Trinajstić information content (AvgIpc) is 2.88. The summed E-state index contributed by atoms with van der Waals surface area (Å²) < 4.78 is 0. The molecule has 0 radical (unpaired) electrons. The molecule has 3 saturated heterocycles. The van der Waals surface area contributed by atoms with Crippen molar-refractivity contribution in [2.24, 2.45) is 11.8 Å². The summed E-state index contributed by atoms with van der Waals surface area (Å²) in [7, 11) is 0. The number of piperidine rings is 1. The molecule has 0 unspecified atom stereocenters. The Hall–Kier alpha value is -2.44. The molecular weight excluding hydrogens is 330 g/mol. The second kappa shape index (κ2) is 6.07. The molecule has 2 amide bonds. The maximum absolute atomic E-state index is 13.1. The summed E-state index contributed by atoms with van der Waals surface area (Å²) in [5.74, 6) is 0.970. The normalized spacial score (nSPS) is 26.0. The summed E-state index contributed by atoms with van der Waals surface area (Å²) in [4.78, 5) is 29.9. The van der Waals surface area contributed by atoms with Crippen molar-refractivity contribution in [2.75, 3.05) is 19.6 Å². The minimum atomic E-state index is 0.0440. The smallest absolute Gasteiger partial charge is 0.254 e. The van der Waals surface area contributed by atoms with Crippen LogP contribution in [0.4, 0.5) is 0 Å². The first-order valence-corrected chi connectivity index (χ1v) is 9.59. The van der Waals surface area contributed by atoms with Crippen molar-refractivity contribution >= 4 is 22.8 Å². The van der Waals surface area contributed by atoms with Gasteiger partial charge in [0.05, 0.1) is 0 Å². The molecule has 136 valence electrons. The van der Waals surface area contributed by atoms with E-state index in [2.05, 4.69) is 15.4 Å². The van der Waals surface area contributed by atoms with Gasteiger partial charge in [0.25, 0.3) is 5.91 Å². The van der Waals surface area contributed by atoms with E-state index in [-0.39, 0.29) is 17.9 Å². The minimum absolute atomic E-state index is 0.0440. The van der Waals surface area contributed by atoms with E-state index in [1.54, 1.807) is 6.07 Å². The van der Waals surface area contributed by atoms with Gasteiger partial charge in [-0.1, -0.05) is 6.42 Å². The number of hydrogen-bond acceptors (Lipinski definition) is 4. The predicted molar refractivity (Wildman–Crippen MR) is 95.4 cm³/mol. The van der Waals surface area contributed by atoms with Crippen LogP contribution < -0.4 is 0 Å². The number of benzene rings is 1. The van der Waals surface area contributed by atoms with Gasteiger partial charge in [-0.25, -0.2) is 0 Å². The van der Waals surface area contributed by atoms with Gasteiger partial charge in [0.1, 0.15) is 11.0 Å². The quantitative estimate of drug-likeness (QED) is 0.893. The number of amides is 2. The van der Waals surface area contributed by atoms with Crippen LogP contribution >= 0.6 is 0 Å². The van der Waals surface area contributed by atoms with E-state index in [0.29, 0.717) is 29.4 Å². The molecular formula is C19H23N5O2. The van der Waals surface area contributed by atoms with Gasteiger partial charge in [0, 0.05) is 37.2 Å². The first-order valence-electron chi connectivity index (χ1n) is 9.59. The molecule has 6 rings (SSSR count). The van der Waals surface area contributed by atoms with E-state index in [1.807, 2.05) is 21.9 Å². The lowest BCUT2D eigenvalue weighted by atomic mass is 9.84. The van der Waals surface area contributed by atoms with Gasteiger partial charge in [0.2, 0.25) is 5.91 Å². The van der Waals surface area contributed by atoms with Crippen molar-refractivity contribution in [1.82, 2.24) is 25.2 Å². The molecule has 4 aliphatic rings. The van der Waals surface area contributed by atoms with Crippen molar-refractivity contribution in [1.29, 1.82) is 0 Å². The fraction of sp³-hybridized carbons (Fsp3) is 0.579. The number of aromatic amines is 1. The Kier molecular flexibility index (Phi) is 3.69. The van der Waals surface area contributed by atoms with Crippen molar-refractivity contribution in [3.63, 3.8) is 0 Å². The zero-order valence-electron chi connectivity index (χ0n) is 14.7. The zero-order chi connectivity index (χ0) is 17.7. The van der Waals surface area contributed by atoms with Gasteiger partial charge in [-0.3, -0.25) is 9.59 Å². The molecule has 2 bridgehead atoms. The highest BCUT2D eigenvalue weighted by Gasteiger charge is 2.40. The molecule has 4 fully saturated rings. The van der Waals surface area contributed by atoms with Crippen LogP contribution in [0.25, 0.3) is 11.0 Å². The number of fused-ring (bicyclic) bond motifs is 5. The molecule has 1 saturated carbocycles. The Bertz CT molecular complexity index is 858. The number of hydrogen-bond donors (Lipinski definition) is 1. The van der Waals surface area contributed by atoms with E-state index in [4.69, 9.17) is 0 Å². The van der Waals surface area contributed by atoms with E-state index in [1.165, 1.54) is 6.42 Å². The van der Waals surface area contributed by atoms with E-state index in [0.717, 1.165) is 44.3 Å². The molecule has 2 aromatic rings. The van der Waals surface area contributed by atoms with Crippen molar-refractivity contribution < 1.29 is 9.59 Å². The highest BCUT2D eigenvalue weighted by molar-refractivity contribution is 5.97. The van der Waals surface area contributed by atoms with Crippen LogP contribution in [0.1, 0.15) is 42.5 Å². The first-order chi connectivity index (χ1) is 12.7. The molecule has 1 aliphatic carbocycles. The Morgan fingerprint density at radius 2 is 1.85 bits per heavy atom. The highest BCUT2D eigenvalue weighted by atomic mass is 16.2. The summed E-state index contributed by atoms with van der Waals surface area (Å²) in [5, 5.41) is 10.7. The minimum Gasteiger partial charge on any atom is -0.340 e. The van der Waals surface area contributed by atoms with Crippen LogP contribution in [0, 0.1) is 11.8 Å². The van der Waals surface area contributed by atoms with E-state index in [9.17, 15) is 9.59 Å². The summed E-state index contributed by atoms with van der Waals surface area (Å²) in [5.41, 5.74) is 2.12. The zero-order valence-corrected chi connectivity index (χ0v) is 14.7. The third kappa shape index (κ3) is 2.57. The third-order valence-electron chi connectivity index (χ3n) is 6.30. The van der Waals surface area contributed by atoms with Gasteiger partial charge in [-0.05, 0) is 49.8 Å². The lowest BCUT2D eigenvalue weighted by molar-refractivity contribution is -0.138. The topological polar surface area (TPSA) is 82.2 Å². The summed E-state index contributed by atoms with van der Waals surface area (Å²) in [6.45, 7) is 2.23. The molecule has 7 nitrogen and oxygen atoms in total. The molecule has 3 aliphatic heterocycles. The molecule has 1 aromatic carbocycles. The number of rotatable bonds is 2. The average molecular weight is 353 g/mol. The van der Waals surface area contributed by atoms with Gasteiger partial charge < -0.3 is 9.80 Å². The summed E-state index contributed by atoms with van der Waals surface area (Å²) in [6, 6.07) is 5.58. The maximum Gasteiger partial charge on any atom is 0.254 e. The van der Waals surface area contributed by atoms with Crippen LogP contribution in [0.3, 0.4) is 0 Å². The summed E-state index contributed by atoms with van der Waals surface area (Å²) >= 11 is 0. The highest BCUT2D eigenvalue weighted by Crippen LogP contribution is 2.33. The summed E-state index contributed by atoms with van der Waals surface area (Å²) in [6.07, 6.45) is 5.32. The Balaban J connectivity index is 1.37. The maximum atomic E-state index is 13.1. The lowest BCUT2D eigenvalue weighted by Crippen LogP contribution is -2.48. The molecule has 7 heteroatoms.